The van der Waals surface area contributed by atoms with Gasteiger partial charge in [-0.05, 0) is 55.3 Å². The van der Waals surface area contributed by atoms with Crippen molar-refractivity contribution in [2.75, 3.05) is 20.2 Å². The van der Waals surface area contributed by atoms with Gasteiger partial charge in [0.15, 0.2) is 0 Å². The zero-order valence-corrected chi connectivity index (χ0v) is 14.8. The smallest absolute Gasteiger partial charge is 0.253 e. The molecule has 0 saturated carbocycles. The van der Waals surface area contributed by atoms with Crippen molar-refractivity contribution < 1.29 is 9.53 Å². The number of aromatic nitrogens is 2. The lowest BCUT2D eigenvalue weighted by Crippen LogP contribution is -2.38. The molecule has 0 N–H and O–H groups in total. The van der Waals surface area contributed by atoms with Crippen molar-refractivity contribution in [2.24, 2.45) is 0 Å². The van der Waals surface area contributed by atoms with E-state index in [9.17, 15) is 4.79 Å². The highest BCUT2D eigenvalue weighted by molar-refractivity contribution is 5.94. The lowest BCUT2D eigenvalue weighted by Gasteiger charge is -2.32. The number of fused-ring (bicyclic) bond motifs is 1. The lowest BCUT2D eigenvalue weighted by molar-refractivity contribution is 0.0712. The Hall–Kier alpha value is -2.95. The van der Waals surface area contributed by atoms with Crippen LogP contribution in [-0.4, -0.2) is 41.0 Å². The average molecular weight is 347 g/mol. The van der Waals surface area contributed by atoms with Gasteiger partial charge in [0, 0.05) is 48.0 Å². The third kappa shape index (κ3) is 3.25. The Kier molecular flexibility index (Phi) is 4.52. The lowest BCUT2D eigenvalue weighted by atomic mass is 9.92. The van der Waals surface area contributed by atoms with Crippen molar-refractivity contribution in [3.63, 3.8) is 0 Å². The van der Waals surface area contributed by atoms with E-state index in [4.69, 9.17) is 4.74 Å². The number of carbonyl (C=O) groups is 1. The summed E-state index contributed by atoms with van der Waals surface area (Å²) in [5, 5.41) is 1.06. The standard InChI is InChI=1S/C21H21N3O2/c1-26-18-6-4-16(5-7-18)21(25)24-11-8-15(9-12-24)19-13-20-17(14-23-19)3-2-10-22-20/h2-7,10,13-15H,8-9,11-12H2,1H3. The molecule has 2 aromatic heterocycles. The number of likely N-dealkylation sites (tertiary alicyclic amines) is 1. The van der Waals surface area contributed by atoms with Gasteiger partial charge in [-0.3, -0.25) is 14.8 Å². The van der Waals surface area contributed by atoms with Gasteiger partial charge in [0.2, 0.25) is 0 Å². The molecule has 26 heavy (non-hydrogen) atoms. The van der Waals surface area contributed by atoms with E-state index in [-0.39, 0.29) is 5.91 Å². The van der Waals surface area contributed by atoms with E-state index in [1.54, 1.807) is 7.11 Å². The molecule has 5 nitrogen and oxygen atoms in total. The number of piperidine rings is 1. The van der Waals surface area contributed by atoms with Crippen molar-refractivity contribution >= 4 is 16.8 Å². The maximum absolute atomic E-state index is 12.7. The number of rotatable bonds is 3. The number of benzene rings is 1. The van der Waals surface area contributed by atoms with Crippen molar-refractivity contribution in [2.45, 2.75) is 18.8 Å². The number of amides is 1. The first-order valence-corrected chi connectivity index (χ1v) is 8.88. The molecule has 1 aromatic carbocycles. The third-order valence-corrected chi connectivity index (χ3v) is 5.05. The van der Waals surface area contributed by atoms with Gasteiger partial charge in [-0.2, -0.15) is 0 Å². The van der Waals surface area contributed by atoms with Crippen LogP contribution in [0.3, 0.4) is 0 Å². The molecule has 0 atom stereocenters. The van der Waals surface area contributed by atoms with E-state index in [1.807, 2.05) is 53.7 Å². The summed E-state index contributed by atoms with van der Waals surface area (Å²) in [4.78, 5) is 23.6. The fourth-order valence-electron chi connectivity index (χ4n) is 3.50. The molecule has 1 aliphatic heterocycles. The van der Waals surface area contributed by atoms with Gasteiger partial charge in [-0.25, -0.2) is 0 Å². The van der Waals surface area contributed by atoms with Gasteiger partial charge in [-0.1, -0.05) is 0 Å². The Bertz CT molecular complexity index is 916. The summed E-state index contributed by atoms with van der Waals surface area (Å²) in [6.45, 7) is 1.49. The second-order valence-electron chi connectivity index (χ2n) is 6.60. The minimum atomic E-state index is 0.0826. The van der Waals surface area contributed by atoms with Crippen LogP contribution in [-0.2, 0) is 0 Å². The molecule has 1 saturated heterocycles. The molecule has 3 aromatic rings. The summed E-state index contributed by atoms with van der Waals surface area (Å²) in [7, 11) is 1.62. The first-order valence-electron chi connectivity index (χ1n) is 8.88. The molecule has 132 valence electrons. The van der Waals surface area contributed by atoms with Gasteiger partial charge in [0.1, 0.15) is 5.75 Å². The Morgan fingerprint density at radius 1 is 1.12 bits per heavy atom. The highest BCUT2D eigenvalue weighted by atomic mass is 16.5. The monoisotopic (exact) mass is 347 g/mol. The first kappa shape index (κ1) is 16.5. The second-order valence-corrected chi connectivity index (χ2v) is 6.60. The highest BCUT2D eigenvalue weighted by Crippen LogP contribution is 2.29. The van der Waals surface area contributed by atoms with Crippen LogP contribution in [0.1, 0.15) is 34.8 Å². The number of methoxy groups -OCH3 is 1. The predicted molar refractivity (Wildman–Crippen MR) is 100 cm³/mol. The zero-order chi connectivity index (χ0) is 17.9. The summed E-state index contributed by atoms with van der Waals surface area (Å²) in [6, 6.07) is 13.3. The van der Waals surface area contributed by atoms with Crippen LogP contribution in [0, 0.1) is 0 Å². The fourth-order valence-corrected chi connectivity index (χ4v) is 3.50. The van der Waals surface area contributed by atoms with Crippen LogP contribution < -0.4 is 4.74 Å². The number of ether oxygens (including phenoxy) is 1. The van der Waals surface area contributed by atoms with Crippen molar-refractivity contribution in [3.8, 4) is 5.75 Å². The normalized spacial score (nSPS) is 15.2. The van der Waals surface area contributed by atoms with E-state index in [1.165, 1.54) is 0 Å². The molecule has 0 radical (unpaired) electrons. The molecule has 0 spiro atoms. The third-order valence-electron chi connectivity index (χ3n) is 5.05. The number of nitrogens with zero attached hydrogens (tertiary/aromatic N) is 3. The van der Waals surface area contributed by atoms with Gasteiger partial charge in [0.05, 0.1) is 12.6 Å². The largest absolute Gasteiger partial charge is 0.497 e. The van der Waals surface area contributed by atoms with Crippen LogP contribution in [0.4, 0.5) is 0 Å². The number of pyridine rings is 2. The summed E-state index contributed by atoms with van der Waals surface area (Å²) < 4.78 is 5.15. The Balaban J connectivity index is 1.43. The van der Waals surface area contributed by atoms with E-state index < -0.39 is 0 Å². The number of carbonyl (C=O) groups excluding carboxylic acids is 1. The number of hydrogen-bond donors (Lipinski definition) is 0. The minimum Gasteiger partial charge on any atom is -0.497 e. The van der Waals surface area contributed by atoms with Crippen molar-refractivity contribution in [1.29, 1.82) is 0 Å². The van der Waals surface area contributed by atoms with E-state index in [0.717, 1.165) is 48.3 Å². The molecular weight excluding hydrogens is 326 g/mol. The molecule has 3 heterocycles. The zero-order valence-electron chi connectivity index (χ0n) is 14.8. The summed E-state index contributed by atoms with van der Waals surface area (Å²) in [5.41, 5.74) is 2.76. The molecule has 4 rings (SSSR count). The maximum Gasteiger partial charge on any atom is 0.253 e. The van der Waals surface area contributed by atoms with E-state index in [0.29, 0.717) is 11.5 Å². The average Bonchev–Trinajstić information content (AvgIpc) is 2.73. The quantitative estimate of drug-likeness (QED) is 0.725. The van der Waals surface area contributed by atoms with Crippen molar-refractivity contribution in [3.05, 3.63) is 66.1 Å². The summed E-state index contributed by atoms with van der Waals surface area (Å²) >= 11 is 0. The molecular formula is C21H21N3O2. The summed E-state index contributed by atoms with van der Waals surface area (Å²) in [5.74, 6) is 1.22. The molecule has 0 unspecified atom stereocenters. The summed E-state index contributed by atoms with van der Waals surface area (Å²) in [6.07, 6.45) is 5.55. The highest BCUT2D eigenvalue weighted by Gasteiger charge is 2.25. The maximum atomic E-state index is 12.7. The van der Waals surface area contributed by atoms with Crippen LogP contribution in [0.2, 0.25) is 0 Å². The van der Waals surface area contributed by atoms with Crippen LogP contribution in [0.5, 0.6) is 5.75 Å². The Labute approximate surface area is 152 Å². The Morgan fingerprint density at radius 2 is 1.88 bits per heavy atom. The van der Waals surface area contributed by atoms with Gasteiger partial charge < -0.3 is 9.64 Å². The topological polar surface area (TPSA) is 55.3 Å². The minimum absolute atomic E-state index is 0.0826. The number of hydrogen-bond acceptors (Lipinski definition) is 4. The van der Waals surface area contributed by atoms with Crippen LogP contribution >= 0.6 is 0 Å². The molecule has 0 bridgehead atoms. The van der Waals surface area contributed by atoms with E-state index >= 15 is 0 Å². The van der Waals surface area contributed by atoms with Gasteiger partial charge in [0.25, 0.3) is 5.91 Å². The Morgan fingerprint density at radius 3 is 2.62 bits per heavy atom. The van der Waals surface area contributed by atoms with Crippen LogP contribution in [0.15, 0.2) is 54.9 Å². The van der Waals surface area contributed by atoms with Crippen LogP contribution in [0.25, 0.3) is 10.9 Å². The molecule has 1 fully saturated rings. The molecule has 5 heteroatoms. The second kappa shape index (κ2) is 7.12. The molecule has 1 aliphatic rings. The predicted octanol–water partition coefficient (Wildman–Crippen LogP) is 3.66. The van der Waals surface area contributed by atoms with Gasteiger partial charge >= 0.3 is 0 Å². The van der Waals surface area contributed by atoms with E-state index in [2.05, 4.69) is 16.0 Å². The SMILES string of the molecule is COc1ccc(C(=O)N2CCC(c3cc4ncccc4cn3)CC2)cc1. The first-order chi connectivity index (χ1) is 12.7. The van der Waals surface area contributed by atoms with Gasteiger partial charge in [-0.15, -0.1) is 0 Å². The fraction of sp³-hybridized carbons (Fsp3) is 0.286. The van der Waals surface area contributed by atoms with Crippen molar-refractivity contribution in [1.82, 2.24) is 14.9 Å². The molecule has 1 amide bonds. The molecule has 0 aliphatic carbocycles.